The standard InChI is InChI=1S/C11H18N4O2S/c1-7-9(10(17)15(4)5)18-11(12-7)13-8(16)6-14(2)3/h6H2,1-5H3,(H,12,13,16). The number of hydrogen-bond acceptors (Lipinski definition) is 5. The van der Waals surface area contributed by atoms with Gasteiger partial charge in [-0.15, -0.1) is 0 Å². The molecule has 0 bridgehead atoms. The first-order valence-electron chi connectivity index (χ1n) is 5.45. The van der Waals surface area contributed by atoms with Crippen molar-refractivity contribution in [2.24, 2.45) is 0 Å². The second-order valence-corrected chi connectivity index (χ2v) is 5.42. The van der Waals surface area contributed by atoms with Crippen LogP contribution in [0.1, 0.15) is 15.4 Å². The molecule has 1 N–H and O–H groups in total. The van der Waals surface area contributed by atoms with Crippen molar-refractivity contribution in [2.45, 2.75) is 6.92 Å². The molecule has 0 fully saturated rings. The van der Waals surface area contributed by atoms with Crippen LogP contribution in [0.2, 0.25) is 0 Å². The van der Waals surface area contributed by atoms with E-state index in [0.29, 0.717) is 15.7 Å². The summed E-state index contributed by atoms with van der Waals surface area (Å²) >= 11 is 1.20. The summed E-state index contributed by atoms with van der Waals surface area (Å²) < 4.78 is 0. The Morgan fingerprint density at radius 1 is 1.28 bits per heavy atom. The lowest BCUT2D eigenvalue weighted by Gasteiger charge is -2.08. The zero-order valence-electron chi connectivity index (χ0n) is 11.3. The Hall–Kier alpha value is -1.47. The van der Waals surface area contributed by atoms with Crippen LogP contribution in [-0.4, -0.2) is 61.3 Å². The fourth-order valence-corrected chi connectivity index (χ4v) is 2.30. The molecule has 0 aliphatic carbocycles. The van der Waals surface area contributed by atoms with Crippen molar-refractivity contribution in [3.63, 3.8) is 0 Å². The third kappa shape index (κ3) is 3.78. The van der Waals surface area contributed by atoms with Crippen LogP contribution in [0, 0.1) is 6.92 Å². The summed E-state index contributed by atoms with van der Waals surface area (Å²) in [6.07, 6.45) is 0. The lowest BCUT2D eigenvalue weighted by atomic mass is 10.3. The van der Waals surface area contributed by atoms with Crippen molar-refractivity contribution in [1.82, 2.24) is 14.8 Å². The van der Waals surface area contributed by atoms with Gasteiger partial charge in [-0.1, -0.05) is 11.3 Å². The van der Waals surface area contributed by atoms with Crippen LogP contribution in [0.3, 0.4) is 0 Å². The Morgan fingerprint density at radius 3 is 2.39 bits per heavy atom. The summed E-state index contributed by atoms with van der Waals surface area (Å²) in [5.41, 5.74) is 0.638. The van der Waals surface area contributed by atoms with Crippen molar-refractivity contribution in [3.05, 3.63) is 10.6 Å². The highest BCUT2D eigenvalue weighted by molar-refractivity contribution is 7.17. The predicted octanol–water partition coefficient (Wildman–Crippen LogP) is 0.653. The maximum absolute atomic E-state index is 11.8. The summed E-state index contributed by atoms with van der Waals surface area (Å²) in [5, 5.41) is 3.15. The van der Waals surface area contributed by atoms with Gasteiger partial charge in [-0.2, -0.15) is 0 Å². The molecule has 100 valence electrons. The van der Waals surface area contributed by atoms with Crippen LogP contribution in [-0.2, 0) is 4.79 Å². The average molecular weight is 270 g/mol. The monoisotopic (exact) mass is 270 g/mol. The van der Waals surface area contributed by atoms with Crippen LogP contribution in [0.5, 0.6) is 0 Å². The van der Waals surface area contributed by atoms with Crippen LogP contribution >= 0.6 is 11.3 Å². The molecule has 0 aliphatic rings. The highest BCUT2D eigenvalue weighted by Crippen LogP contribution is 2.23. The van der Waals surface area contributed by atoms with Crippen molar-refractivity contribution in [3.8, 4) is 0 Å². The van der Waals surface area contributed by atoms with Gasteiger partial charge in [0.1, 0.15) is 4.88 Å². The molecule has 0 unspecified atom stereocenters. The molecule has 1 rings (SSSR count). The lowest BCUT2D eigenvalue weighted by Crippen LogP contribution is -2.27. The highest BCUT2D eigenvalue weighted by Gasteiger charge is 2.17. The number of carbonyl (C=O) groups excluding carboxylic acids is 2. The van der Waals surface area contributed by atoms with Crippen molar-refractivity contribution in [2.75, 3.05) is 40.1 Å². The van der Waals surface area contributed by atoms with Crippen LogP contribution in [0.4, 0.5) is 5.13 Å². The van der Waals surface area contributed by atoms with Gasteiger partial charge in [0.15, 0.2) is 5.13 Å². The summed E-state index contributed by atoms with van der Waals surface area (Å²) in [6.45, 7) is 2.05. The van der Waals surface area contributed by atoms with Gasteiger partial charge in [0, 0.05) is 14.1 Å². The van der Waals surface area contributed by atoms with Crippen LogP contribution in [0.15, 0.2) is 0 Å². The van der Waals surface area contributed by atoms with E-state index in [1.54, 1.807) is 25.9 Å². The van der Waals surface area contributed by atoms with Crippen molar-refractivity contribution < 1.29 is 9.59 Å². The fraction of sp³-hybridized carbons (Fsp3) is 0.545. The molecule has 1 aromatic rings. The normalized spacial score (nSPS) is 10.6. The number of thiazole rings is 1. The number of aryl methyl sites for hydroxylation is 1. The van der Waals surface area contributed by atoms with E-state index in [1.165, 1.54) is 16.2 Å². The van der Waals surface area contributed by atoms with Gasteiger partial charge < -0.3 is 15.1 Å². The van der Waals surface area contributed by atoms with E-state index in [4.69, 9.17) is 0 Å². The molecule has 0 saturated carbocycles. The first-order chi connectivity index (χ1) is 8.31. The minimum Gasteiger partial charge on any atom is -0.344 e. The van der Waals surface area contributed by atoms with Gasteiger partial charge in [0.25, 0.3) is 5.91 Å². The zero-order valence-corrected chi connectivity index (χ0v) is 12.1. The average Bonchev–Trinajstić information content (AvgIpc) is 2.56. The van der Waals surface area contributed by atoms with Gasteiger partial charge in [-0.25, -0.2) is 4.98 Å². The summed E-state index contributed by atoms with van der Waals surface area (Å²) in [5.74, 6) is -0.240. The van der Waals surface area contributed by atoms with E-state index < -0.39 is 0 Å². The number of carbonyl (C=O) groups is 2. The number of nitrogens with zero attached hydrogens (tertiary/aromatic N) is 3. The van der Waals surface area contributed by atoms with E-state index >= 15 is 0 Å². The third-order valence-electron chi connectivity index (χ3n) is 2.10. The molecule has 0 aliphatic heterocycles. The number of hydrogen-bond donors (Lipinski definition) is 1. The Morgan fingerprint density at radius 2 is 1.89 bits per heavy atom. The van der Waals surface area contributed by atoms with Crippen LogP contribution < -0.4 is 5.32 Å². The van der Waals surface area contributed by atoms with Gasteiger partial charge in [-0.05, 0) is 21.0 Å². The lowest BCUT2D eigenvalue weighted by molar-refractivity contribution is -0.116. The first-order valence-corrected chi connectivity index (χ1v) is 6.26. The third-order valence-corrected chi connectivity index (χ3v) is 3.16. The smallest absolute Gasteiger partial charge is 0.265 e. The molecule has 0 spiro atoms. The van der Waals surface area contributed by atoms with E-state index in [2.05, 4.69) is 10.3 Å². The molecule has 0 saturated heterocycles. The zero-order chi connectivity index (χ0) is 13.9. The molecule has 0 radical (unpaired) electrons. The molecule has 2 amide bonds. The van der Waals surface area contributed by atoms with E-state index in [0.717, 1.165) is 0 Å². The molecule has 0 atom stereocenters. The topological polar surface area (TPSA) is 65.5 Å². The van der Waals surface area contributed by atoms with Gasteiger partial charge in [-0.3, -0.25) is 9.59 Å². The maximum Gasteiger partial charge on any atom is 0.265 e. The molecular weight excluding hydrogens is 252 g/mol. The summed E-state index contributed by atoms with van der Waals surface area (Å²) in [6, 6.07) is 0. The number of amides is 2. The Bertz CT molecular complexity index is 454. The Labute approximate surface area is 111 Å². The van der Waals surface area contributed by atoms with E-state index in [9.17, 15) is 9.59 Å². The van der Waals surface area contributed by atoms with Crippen LogP contribution in [0.25, 0.3) is 0 Å². The molecule has 6 nitrogen and oxygen atoms in total. The Kier molecular flexibility index (Phi) is 4.80. The molecule has 7 heteroatoms. The van der Waals surface area contributed by atoms with Crippen molar-refractivity contribution in [1.29, 1.82) is 0 Å². The number of anilines is 1. The van der Waals surface area contributed by atoms with Gasteiger partial charge in [0.2, 0.25) is 5.91 Å². The largest absolute Gasteiger partial charge is 0.344 e. The van der Waals surface area contributed by atoms with E-state index in [1.807, 2.05) is 14.1 Å². The first kappa shape index (κ1) is 14.6. The molecular formula is C11H18N4O2S. The minimum atomic E-state index is -0.141. The highest BCUT2D eigenvalue weighted by atomic mass is 32.1. The molecule has 0 aromatic carbocycles. The van der Waals surface area contributed by atoms with E-state index in [-0.39, 0.29) is 18.4 Å². The molecule has 1 heterocycles. The maximum atomic E-state index is 11.8. The number of likely N-dealkylation sites (N-methyl/N-ethyl adjacent to an activating group) is 1. The van der Waals surface area contributed by atoms with Gasteiger partial charge >= 0.3 is 0 Å². The SMILES string of the molecule is Cc1nc(NC(=O)CN(C)C)sc1C(=O)N(C)C. The molecule has 1 aromatic heterocycles. The minimum absolute atomic E-state index is 0.0990. The summed E-state index contributed by atoms with van der Waals surface area (Å²) in [4.78, 5) is 31.4. The predicted molar refractivity (Wildman–Crippen MR) is 72.1 cm³/mol. The van der Waals surface area contributed by atoms with Gasteiger partial charge in [0.05, 0.1) is 12.2 Å². The number of aromatic nitrogens is 1. The molecule has 18 heavy (non-hydrogen) atoms. The number of rotatable bonds is 4. The summed E-state index contributed by atoms with van der Waals surface area (Å²) in [7, 11) is 7.00. The second kappa shape index (κ2) is 5.92. The Balaban J connectivity index is 2.79. The fourth-order valence-electron chi connectivity index (χ4n) is 1.30. The van der Waals surface area contributed by atoms with Crippen molar-refractivity contribution >= 4 is 28.3 Å². The second-order valence-electron chi connectivity index (χ2n) is 4.42. The number of nitrogens with one attached hydrogen (secondary N) is 1. The quantitative estimate of drug-likeness (QED) is 0.872.